The number of phenolic OH excluding ortho intramolecular Hbond substituents is 1. The molecule has 2 unspecified atom stereocenters. The monoisotopic (exact) mass is 486 g/mol. The van der Waals surface area contributed by atoms with Crippen LogP contribution in [0.4, 0.5) is 0 Å². The van der Waals surface area contributed by atoms with Gasteiger partial charge in [0.15, 0.2) is 23.0 Å². The van der Waals surface area contributed by atoms with Crippen LogP contribution in [0.3, 0.4) is 0 Å². The van der Waals surface area contributed by atoms with Gasteiger partial charge >= 0.3 is 0 Å². The molecular weight excluding hydrogens is 460 g/mol. The second-order valence-electron chi connectivity index (χ2n) is 10.2. The minimum atomic E-state index is -2.75. The SMILES string of the molecule is CC1O[C@@H](c2ccc3c(c2O)C(=O)C2=C(C3=O)[C@@]3(O)C(=O)C[C@](C)(O)C[C@@]3(O)C=C2)C[C@@H](O)C1O. The van der Waals surface area contributed by atoms with Crippen LogP contribution < -0.4 is 0 Å². The molecule has 1 aromatic carbocycles. The van der Waals surface area contributed by atoms with Crippen molar-refractivity contribution in [3.63, 3.8) is 0 Å². The standard InChI is InChI=1S/C25H26O10/c1-10-19(28)14(26)7-15(35-10)11-3-4-12-17(20(11)29)21(30)13-5-6-24(33)9-23(2,32)8-16(27)25(24,34)18(13)22(12)31/h3-6,10,14-15,19,26,28-29,32-34H,7-9H2,1-2H3/t10?,14-,15-,19?,23+,24+,25+/m1/s1. The van der Waals surface area contributed by atoms with Crippen LogP contribution in [0.15, 0.2) is 35.4 Å². The summed E-state index contributed by atoms with van der Waals surface area (Å²) in [6, 6.07) is 2.60. The maximum absolute atomic E-state index is 13.5. The number of ether oxygens (including phenoxy) is 1. The predicted molar refractivity (Wildman–Crippen MR) is 118 cm³/mol. The van der Waals surface area contributed by atoms with Crippen LogP contribution in [0.5, 0.6) is 5.75 Å². The Balaban J connectivity index is 1.62. The van der Waals surface area contributed by atoms with Gasteiger partial charge in [0.05, 0.1) is 35.0 Å². The third-order valence-electron chi connectivity index (χ3n) is 7.59. The number of carbonyl (C=O) groups is 3. The van der Waals surface area contributed by atoms with E-state index in [-0.39, 0.29) is 28.7 Å². The van der Waals surface area contributed by atoms with Gasteiger partial charge in [0.25, 0.3) is 0 Å². The molecular formula is C25H26O10. The van der Waals surface area contributed by atoms with Gasteiger partial charge in [0.2, 0.25) is 0 Å². The molecule has 5 rings (SSSR count). The van der Waals surface area contributed by atoms with Crippen LogP contribution in [-0.4, -0.2) is 83.1 Å². The first-order valence-electron chi connectivity index (χ1n) is 11.3. The van der Waals surface area contributed by atoms with E-state index in [9.17, 15) is 45.0 Å². The van der Waals surface area contributed by atoms with Crippen molar-refractivity contribution in [2.75, 3.05) is 0 Å². The molecule has 3 aliphatic carbocycles. The van der Waals surface area contributed by atoms with Crippen molar-refractivity contribution in [3.05, 3.63) is 52.1 Å². The van der Waals surface area contributed by atoms with Gasteiger partial charge in [-0.1, -0.05) is 12.1 Å². The second-order valence-corrected chi connectivity index (χ2v) is 10.2. The van der Waals surface area contributed by atoms with Crippen molar-refractivity contribution in [2.45, 2.75) is 74.3 Å². The highest BCUT2D eigenvalue weighted by Gasteiger charge is 2.66. The Morgan fingerprint density at radius 1 is 1.06 bits per heavy atom. The fourth-order valence-corrected chi connectivity index (χ4v) is 5.82. The van der Waals surface area contributed by atoms with Crippen molar-refractivity contribution >= 4 is 17.3 Å². The minimum Gasteiger partial charge on any atom is -0.507 e. The molecule has 186 valence electrons. The normalized spacial score (nSPS) is 40.9. The fraction of sp³-hybridized carbons (Fsp3) is 0.480. The molecule has 1 aliphatic heterocycles. The van der Waals surface area contributed by atoms with E-state index >= 15 is 0 Å². The molecule has 7 atom stereocenters. The van der Waals surface area contributed by atoms with Gasteiger partial charge in [-0.25, -0.2) is 0 Å². The van der Waals surface area contributed by atoms with Crippen molar-refractivity contribution in [3.8, 4) is 5.75 Å². The summed E-state index contributed by atoms with van der Waals surface area (Å²) in [5, 5.41) is 64.1. The van der Waals surface area contributed by atoms with E-state index in [0.717, 1.165) is 12.2 Å². The van der Waals surface area contributed by atoms with Gasteiger partial charge in [0.1, 0.15) is 17.5 Å². The summed E-state index contributed by atoms with van der Waals surface area (Å²) in [5.74, 6) is -3.30. The number of Topliss-reactive ketones (excluding diaryl/α,β-unsaturated/α-hetero) is 3. The number of benzene rings is 1. The topological polar surface area (TPSA) is 182 Å². The molecule has 1 aromatic rings. The first-order chi connectivity index (χ1) is 16.2. The van der Waals surface area contributed by atoms with Crippen molar-refractivity contribution < 1.29 is 49.8 Å². The Hall–Kier alpha value is -2.73. The Labute approximate surface area is 199 Å². The lowest BCUT2D eigenvalue weighted by Gasteiger charge is -2.51. The zero-order valence-corrected chi connectivity index (χ0v) is 19.1. The highest BCUT2D eigenvalue weighted by Crippen LogP contribution is 2.51. The smallest absolute Gasteiger partial charge is 0.198 e. The molecule has 0 bridgehead atoms. The number of aliphatic hydroxyl groups is 5. The van der Waals surface area contributed by atoms with Crippen LogP contribution in [0.25, 0.3) is 0 Å². The fourth-order valence-electron chi connectivity index (χ4n) is 5.82. The van der Waals surface area contributed by atoms with Gasteiger partial charge < -0.3 is 35.4 Å². The maximum atomic E-state index is 13.5. The van der Waals surface area contributed by atoms with Gasteiger partial charge in [-0.15, -0.1) is 0 Å². The quantitative estimate of drug-likeness (QED) is 0.311. The van der Waals surface area contributed by atoms with Gasteiger partial charge in [0, 0.05) is 36.0 Å². The van der Waals surface area contributed by atoms with Gasteiger partial charge in [-0.05, 0) is 26.0 Å². The lowest BCUT2D eigenvalue weighted by molar-refractivity contribution is -0.183. The third-order valence-corrected chi connectivity index (χ3v) is 7.59. The summed E-state index contributed by atoms with van der Waals surface area (Å²) in [4.78, 5) is 40.0. The largest absolute Gasteiger partial charge is 0.507 e. The lowest BCUT2D eigenvalue weighted by Crippen LogP contribution is -2.69. The molecule has 1 saturated carbocycles. The molecule has 0 radical (unpaired) electrons. The molecule has 2 fully saturated rings. The molecule has 0 aromatic heterocycles. The molecule has 1 saturated heterocycles. The molecule has 4 aliphatic rings. The van der Waals surface area contributed by atoms with E-state index < -0.39 is 82.7 Å². The lowest BCUT2D eigenvalue weighted by atomic mass is 9.57. The van der Waals surface area contributed by atoms with Crippen LogP contribution in [0.1, 0.15) is 65.5 Å². The van der Waals surface area contributed by atoms with Crippen LogP contribution in [0, 0.1) is 0 Å². The van der Waals surface area contributed by atoms with E-state index in [0.29, 0.717) is 0 Å². The Morgan fingerprint density at radius 2 is 1.74 bits per heavy atom. The maximum Gasteiger partial charge on any atom is 0.198 e. The predicted octanol–water partition coefficient (Wildman–Crippen LogP) is -0.215. The molecule has 35 heavy (non-hydrogen) atoms. The zero-order chi connectivity index (χ0) is 25.7. The molecule has 0 amide bonds. The average Bonchev–Trinajstić information content (AvgIpc) is 2.75. The van der Waals surface area contributed by atoms with Crippen molar-refractivity contribution in [1.82, 2.24) is 0 Å². The summed E-state index contributed by atoms with van der Waals surface area (Å²) >= 11 is 0. The third kappa shape index (κ3) is 3.15. The van der Waals surface area contributed by atoms with Crippen molar-refractivity contribution in [1.29, 1.82) is 0 Å². The Bertz CT molecular complexity index is 1230. The van der Waals surface area contributed by atoms with Gasteiger partial charge in [-0.3, -0.25) is 14.4 Å². The summed E-state index contributed by atoms with van der Waals surface area (Å²) in [6.07, 6.45) is -2.78. The second kappa shape index (κ2) is 7.39. The van der Waals surface area contributed by atoms with E-state index in [2.05, 4.69) is 0 Å². The number of hydrogen-bond donors (Lipinski definition) is 6. The minimum absolute atomic E-state index is 0.0605. The number of rotatable bonds is 1. The molecule has 1 heterocycles. The Morgan fingerprint density at radius 3 is 2.40 bits per heavy atom. The molecule has 10 nitrogen and oxygen atoms in total. The van der Waals surface area contributed by atoms with Crippen LogP contribution in [0.2, 0.25) is 0 Å². The van der Waals surface area contributed by atoms with Crippen LogP contribution in [-0.2, 0) is 9.53 Å². The first-order valence-corrected chi connectivity index (χ1v) is 11.3. The molecule has 10 heteroatoms. The summed E-state index contributed by atoms with van der Waals surface area (Å²) in [6.45, 7) is 2.88. The summed E-state index contributed by atoms with van der Waals surface area (Å²) < 4.78 is 5.70. The van der Waals surface area contributed by atoms with E-state index in [1.165, 1.54) is 19.1 Å². The number of fused-ring (bicyclic) bond motifs is 3. The average molecular weight is 486 g/mol. The van der Waals surface area contributed by atoms with E-state index in [4.69, 9.17) is 4.74 Å². The number of phenols is 1. The zero-order valence-electron chi connectivity index (χ0n) is 19.1. The summed E-state index contributed by atoms with van der Waals surface area (Å²) in [5.41, 5.74) is -8.12. The summed E-state index contributed by atoms with van der Waals surface area (Å²) in [7, 11) is 0. The van der Waals surface area contributed by atoms with Crippen LogP contribution >= 0.6 is 0 Å². The highest BCUT2D eigenvalue weighted by molar-refractivity contribution is 6.31. The number of allylic oxidation sites excluding steroid dienone is 2. The number of hydrogen-bond acceptors (Lipinski definition) is 10. The van der Waals surface area contributed by atoms with Crippen molar-refractivity contribution in [2.24, 2.45) is 0 Å². The molecule has 0 spiro atoms. The van der Waals surface area contributed by atoms with Gasteiger partial charge in [-0.2, -0.15) is 0 Å². The number of carbonyl (C=O) groups excluding carboxylic acids is 3. The number of aliphatic hydroxyl groups excluding tert-OH is 2. The highest BCUT2D eigenvalue weighted by atomic mass is 16.5. The van der Waals surface area contributed by atoms with E-state index in [1.54, 1.807) is 6.92 Å². The van der Waals surface area contributed by atoms with E-state index in [1.807, 2.05) is 0 Å². The molecule has 6 N–H and O–H groups in total. The first kappa shape index (κ1) is 24.0. The number of ketones is 3. The Kier molecular flexibility index (Phi) is 5.06. The number of aromatic hydroxyl groups is 1.